The number of hydrogen-bond acceptors (Lipinski definition) is 7. The van der Waals surface area contributed by atoms with Crippen molar-refractivity contribution in [3.63, 3.8) is 0 Å². The number of phenols is 1. The molecule has 1 aromatic heterocycles. The molecule has 8 nitrogen and oxygen atoms in total. The summed E-state index contributed by atoms with van der Waals surface area (Å²) in [5, 5.41) is 9.54. The molecular formula is C14H8Cl2N2O6S. The molecule has 0 bridgehead atoms. The van der Waals surface area contributed by atoms with Crippen LogP contribution in [0.4, 0.5) is 0 Å². The number of fused-ring (bicyclic) bond motifs is 1. The molecule has 0 saturated heterocycles. The molecular weight excluding hydrogens is 395 g/mol. The fourth-order valence-electron chi connectivity index (χ4n) is 2.23. The van der Waals surface area contributed by atoms with E-state index in [-0.39, 0.29) is 26.1 Å². The second-order valence-corrected chi connectivity index (χ2v) is 7.49. The first kappa shape index (κ1) is 17.5. The summed E-state index contributed by atoms with van der Waals surface area (Å²) in [6.45, 7) is -0.900. The Morgan fingerprint density at radius 3 is 2.48 bits per heavy atom. The van der Waals surface area contributed by atoms with Gasteiger partial charge >= 0.3 is 5.97 Å². The second kappa shape index (κ2) is 6.17. The molecule has 0 spiro atoms. The first-order valence-corrected chi connectivity index (χ1v) is 8.80. The van der Waals surface area contributed by atoms with Crippen LogP contribution in [0.1, 0.15) is 20.7 Å². The monoisotopic (exact) mass is 402 g/mol. The van der Waals surface area contributed by atoms with Gasteiger partial charge in [-0.15, -0.1) is 0 Å². The second-order valence-electron chi connectivity index (χ2n) is 4.85. The maximum atomic E-state index is 12.4. The summed E-state index contributed by atoms with van der Waals surface area (Å²) in [6.07, 6.45) is 2.32. The van der Waals surface area contributed by atoms with Gasteiger partial charge in [0.05, 0.1) is 10.0 Å². The number of halogens is 2. The zero-order valence-electron chi connectivity index (χ0n) is 12.1. The number of aromatic hydroxyl groups is 1. The average Bonchev–Trinajstić information content (AvgIpc) is 2.73. The summed E-state index contributed by atoms with van der Waals surface area (Å²) in [4.78, 5) is 27.7. The summed E-state index contributed by atoms with van der Waals surface area (Å²) in [5.74, 6) is -2.52. The van der Waals surface area contributed by atoms with Crippen molar-refractivity contribution in [2.75, 3.05) is 6.73 Å². The molecule has 2 heterocycles. The maximum absolute atomic E-state index is 12.4. The number of phenolic OH excluding ortho intramolecular Hbond substituents is 1. The Bertz CT molecular complexity index is 988. The summed E-state index contributed by atoms with van der Waals surface area (Å²) in [5.41, 5.74) is -0.582. The topological polar surface area (TPSA) is 114 Å². The van der Waals surface area contributed by atoms with Crippen LogP contribution < -0.4 is 0 Å². The third kappa shape index (κ3) is 2.80. The molecule has 130 valence electrons. The van der Waals surface area contributed by atoms with Crippen molar-refractivity contribution >= 4 is 45.1 Å². The molecule has 3 rings (SSSR count). The van der Waals surface area contributed by atoms with Gasteiger partial charge in [-0.3, -0.25) is 9.78 Å². The predicted octanol–water partition coefficient (Wildman–Crippen LogP) is 2.05. The van der Waals surface area contributed by atoms with Gasteiger partial charge in [0.2, 0.25) is 0 Å². The summed E-state index contributed by atoms with van der Waals surface area (Å²) in [7, 11) is -4.25. The zero-order valence-corrected chi connectivity index (χ0v) is 14.5. The van der Waals surface area contributed by atoms with Crippen molar-refractivity contribution in [1.82, 2.24) is 9.29 Å². The molecule has 0 aliphatic carbocycles. The molecule has 2 aromatic rings. The number of benzene rings is 1. The highest BCUT2D eigenvalue weighted by Gasteiger charge is 2.43. The summed E-state index contributed by atoms with van der Waals surface area (Å²) >= 11 is 11.6. The largest absolute Gasteiger partial charge is 0.507 e. The zero-order chi connectivity index (χ0) is 18.4. The molecule has 1 aliphatic rings. The highest BCUT2D eigenvalue weighted by atomic mass is 35.5. The van der Waals surface area contributed by atoms with Crippen molar-refractivity contribution in [2.45, 2.75) is 4.90 Å². The quantitative estimate of drug-likeness (QED) is 0.781. The van der Waals surface area contributed by atoms with Crippen LogP contribution in [0.25, 0.3) is 0 Å². The normalized spacial score (nSPS) is 15.1. The Kier molecular flexibility index (Phi) is 4.31. The lowest BCUT2D eigenvalue weighted by molar-refractivity contribution is 0.0358. The Balaban J connectivity index is 1.87. The fraction of sp³-hybridized carbons (Fsp3) is 0.0714. The van der Waals surface area contributed by atoms with E-state index in [0.717, 1.165) is 12.4 Å². The van der Waals surface area contributed by atoms with E-state index >= 15 is 0 Å². The fourth-order valence-corrected chi connectivity index (χ4v) is 4.18. The number of hydrogen-bond donors (Lipinski definition) is 1. The van der Waals surface area contributed by atoms with Crippen molar-refractivity contribution in [3.05, 3.63) is 51.8 Å². The molecule has 1 aromatic carbocycles. The number of sulfonamides is 1. The first-order valence-electron chi connectivity index (χ1n) is 6.60. The van der Waals surface area contributed by atoms with Crippen LogP contribution in [0, 0.1) is 0 Å². The van der Waals surface area contributed by atoms with Crippen molar-refractivity contribution in [2.24, 2.45) is 0 Å². The van der Waals surface area contributed by atoms with Gasteiger partial charge in [0.15, 0.2) is 6.73 Å². The Labute approximate surface area is 151 Å². The number of aromatic nitrogens is 1. The Morgan fingerprint density at radius 1 is 1.24 bits per heavy atom. The number of esters is 1. The van der Waals surface area contributed by atoms with E-state index in [0.29, 0.717) is 4.31 Å². The lowest BCUT2D eigenvalue weighted by Crippen LogP contribution is -2.33. The van der Waals surface area contributed by atoms with E-state index in [4.69, 9.17) is 27.9 Å². The minimum atomic E-state index is -4.25. The van der Waals surface area contributed by atoms with Gasteiger partial charge in [-0.2, -0.15) is 4.31 Å². The van der Waals surface area contributed by atoms with Crippen LogP contribution in [0.5, 0.6) is 5.75 Å². The number of ether oxygens (including phenoxy) is 1. The SMILES string of the molecule is O=C(OCN1C(=O)c2c(O)cccc2S1(=O)=O)c1c(Cl)cncc1Cl. The van der Waals surface area contributed by atoms with Gasteiger partial charge in [-0.1, -0.05) is 29.3 Å². The minimum Gasteiger partial charge on any atom is -0.507 e. The molecule has 25 heavy (non-hydrogen) atoms. The van der Waals surface area contributed by atoms with Crippen LogP contribution >= 0.6 is 23.2 Å². The van der Waals surface area contributed by atoms with Crippen molar-refractivity contribution in [1.29, 1.82) is 0 Å². The number of nitrogens with zero attached hydrogens (tertiary/aromatic N) is 2. The van der Waals surface area contributed by atoms with Crippen LogP contribution in [0.3, 0.4) is 0 Å². The van der Waals surface area contributed by atoms with E-state index in [9.17, 15) is 23.1 Å². The third-order valence-corrected chi connectivity index (χ3v) is 5.70. The van der Waals surface area contributed by atoms with E-state index in [1.54, 1.807) is 0 Å². The molecule has 11 heteroatoms. The smallest absolute Gasteiger partial charge is 0.343 e. The summed E-state index contributed by atoms with van der Waals surface area (Å²) in [6, 6.07) is 3.63. The van der Waals surface area contributed by atoms with Gasteiger partial charge in [-0.05, 0) is 12.1 Å². The van der Waals surface area contributed by atoms with Crippen LogP contribution in [0.2, 0.25) is 10.0 Å². The highest BCUT2D eigenvalue weighted by molar-refractivity contribution is 7.90. The van der Waals surface area contributed by atoms with Gasteiger partial charge in [-0.25, -0.2) is 13.2 Å². The van der Waals surface area contributed by atoms with Crippen LogP contribution in [0.15, 0.2) is 35.5 Å². The molecule has 0 saturated carbocycles. The molecule has 0 radical (unpaired) electrons. The Hall–Kier alpha value is -2.36. The van der Waals surface area contributed by atoms with Gasteiger partial charge in [0.1, 0.15) is 21.8 Å². The van der Waals surface area contributed by atoms with Crippen molar-refractivity contribution in [3.8, 4) is 5.75 Å². The number of rotatable bonds is 3. The van der Waals surface area contributed by atoms with Crippen molar-refractivity contribution < 1.29 is 27.9 Å². The van der Waals surface area contributed by atoms with E-state index in [1.807, 2.05) is 0 Å². The number of carbonyl (C=O) groups excluding carboxylic acids is 2. The molecule has 1 N–H and O–H groups in total. The number of carbonyl (C=O) groups is 2. The van der Waals surface area contributed by atoms with Gasteiger partial charge < -0.3 is 9.84 Å². The first-order chi connectivity index (χ1) is 11.7. The van der Waals surface area contributed by atoms with Gasteiger partial charge in [0.25, 0.3) is 15.9 Å². The van der Waals surface area contributed by atoms with Crippen LogP contribution in [-0.2, 0) is 14.8 Å². The highest BCUT2D eigenvalue weighted by Crippen LogP contribution is 2.35. The predicted molar refractivity (Wildman–Crippen MR) is 86.0 cm³/mol. The van der Waals surface area contributed by atoms with E-state index in [2.05, 4.69) is 4.98 Å². The molecule has 0 unspecified atom stereocenters. The van der Waals surface area contributed by atoms with E-state index < -0.39 is 34.4 Å². The lowest BCUT2D eigenvalue weighted by atomic mass is 10.2. The molecule has 0 atom stereocenters. The summed E-state index contributed by atoms with van der Waals surface area (Å²) < 4.78 is 29.9. The maximum Gasteiger partial charge on any atom is 0.343 e. The Morgan fingerprint density at radius 2 is 1.88 bits per heavy atom. The van der Waals surface area contributed by atoms with E-state index in [1.165, 1.54) is 18.2 Å². The minimum absolute atomic E-state index is 0.0889. The molecule has 0 fully saturated rings. The van der Waals surface area contributed by atoms with Gasteiger partial charge in [0, 0.05) is 12.4 Å². The standard InChI is InChI=1S/C14H8Cl2N2O6S/c15-7-4-17-5-8(16)11(7)14(21)24-6-18-13(20)12-9(19)2-1-3-10(12)25(18,22)23/h1-5,19H,6H2. The number of amides is 1. The lowest BCUT2D eigenvalue weighted by Gasteiger charge is -2.15. The average molecular weight is 403 g/mol. The third-order valence-electron chi connectivity index (χ3n) is 3.38. The molecule has 1 aliphatic heterocycles. The van der Waals surface area contributed by atoms with Crippen LogP contribution in [-0.4, -0.2) is 41.4 Å². The molecule has 1 amide bonds. The number of pyridine rings is 1.